The number of hydrogen-bond donors (Lipinski definition) is 2. The van der Waals surface area contributed by atoms with Crippen molar-refractivity contribution < 1.29 is 4.42 Å². The summed E-state index contributed by atoms with van der Waals surface area (Å²) in [6, 6.07) is 9.02. The number of nitrogens with one attached hydrogen (secondary N) is 2. The van der Waals surface area contributed by atoms with E-state index in [1.807, 2.05) is 14.0 Å². The summed E-state index contributed by atoms with van der Waals surface area (Å²) >= 11 is 0. The first-order chi connectivity index (χ1) is 9.19. The maximum atomic E-state index is 5.50. The van der Waals surface area contributed by atoms with E-state index in [0.29, 0.717) is 11.9 Å². The molecule has 0 fully saturated rings. The molecule has 0 aliphatic carbocycles. The normalized spacial score (nSPS) is 12.4. The largest absolute Gasteiger partial charge is 0.406 e. The molecule has 1 aromatic heterocycles. The summed E-state index contributed by atoms with van der Waals surface area (Å²) in [6.07, 6.45) is 0.932. The summed E-state index contributed by atoms with van der Waals surface area (Å²) < 4.78 is 5.50. The molecule has 2 aromatic rings. The molecule has 0 amide bonds. The topological polar surface area (TPSA) is 63.0 Å². The van der Waals surface area contributed by atoms with Gasteiger partial charge >= 0.3 is 6.01 Å². The fourth-order valence-corrected chi connectivity index (χ4v) is 1.79. The van der Waals surface area contributed by atoms with Gasteiger partial charge in [0.2, 0.25) is 5.89 Å². The fraction of sp³-hybridized carbons (Fsp3) is 0.429. The first-order valence-corrected chi connectivity index (χ1v) is 6.49. The van der Waals surface area contributed by atoms with Crippen LogP contribution < -0.4 is 10.6 Å². The SMILES string of the molecule is CNC(C)c1nnc(NCCc2cccc(C)c2)o1. The second kappa shape index (κ2) is 6.33. The zero-order chi connectivity index (χ0) is 13.7. The van der Waals surface area contributed by atoms with E-state index in [4.69, 9.17) is 4.42 Å². The van der Waals surface area contributed by atoms with Crippen molar-refractivity contribution in [3.05, 3.63) is 41.3 Å². The quantitative estimate of drug-likeness (QED) is 0.834. The van der Waals surface area contributed by atoms with Crippen LogP contribution in [0.2, 0.25) is 0 Å². The smallest absolute Gasteiger partial charge is 0.315 e. The Bertz CT molecular complexity index is 524. The Morgan fingerprint density at radius 3 is 2.89 bits per heavy atom. The molecule has 0 spiro atoms. The number of aromatic nitrogens is 2. The van der Waals surface area contributed by atoms with Gasteiger partial charge in [0.15, 0.2) is 0 Å². The van der Waals surface area contributed by atoms with Gasteiger partial charge < -0.3 is 15.1 Å². The average Bonchev–Trinajstić information content (AvgIpc) is 2.87. The minimum absolute atomic E-state index is 0.0693. The lowest BCUT2D eigenvalue weighted by Gasteiger charge is -2.04. The third-order valence-electron chi connectivity index (χ3n) is 3.02. The summed E-state index contributed by atoms with van der Waals surface area (Å²) in [5, 5.41) is 14.2. The summed E-state index contributed by atoms with van der Waals surface area (Å²) in [5.74, 6) is 0.598. The molecule has 0 bridgehead atoms. The Hall–Kier alpha value is -1.88. The number of anilines is 1. The zero-order valence-corrected chi connectivity index (χ0v) is 11.6. The third-order valence-corrected chi connectivity index (χ3v) is 3.02. The van der Waals surface area contributed by atoms with E-state index in [9.17, 15) is 0 Å². The van der Waals surface area contributed by atoms with Gasteiger partial charge in [-0.15, -0.1) is 5.10 Å². The summed E-state index contributed by atoms with van der Waals surface area (Å²) in [4.78, 5) is 0. The van der Waals surface area contributed by atoms with Crippen molar-refractivity contribution in [3.8, 4) is 0 Å². The molecule has 5 nitrogen and oxygen atoms in total. The van der Waals surface area contributed by atoms with Crippen LogP contribution in [-0.2, 0) is 6.42 Å². The maximum Gasteiger partial charge on any atom is 0.315 e. The van der Waals surface area contributed by atoms with Crippen LogP contribution in [0, 0.1) is 6.92 Å². The van der Waals surface area contributed by atoms with Gasteiger partial charge in [-0.25, -0.2) is 0 Å². The monoisotopic (exact) mass is 260 g/mol. The van der Waals surface area contributed by atoms with Gasteiger partial charge in [0, 0.05) is 6.54 Å². The molecule has 5 heteroatoms. The zero-order valence-electron chi connectivity index (χ0n) is 11.6. The van der Waals surface area contributed by atoms with Gasteiger partial charge in [0.05, 0.1) is 6.04 Å². The second-order valence-corrected chi connectivity index (χ2v) is 4.62. The van der Waals surface area contributed by atoms with E-state index in [0.717, 1.165) is 13.0 Å². The van der Waals surface area contributed by atoms with Crippen LogP contribution >= 0.6 is 0 Å². The van der Waals surface area contributed by atoms with Gasteiger partial charge in [-0.05, 0) is 32.9 Å². The Labute approximate surface area is 113 Å². The standard InChI is InChI=1S/C14H20N4O/c1-10-5-4-6-12(9-10)7-8-16-14-18-17-13(19-14)11(2)15-3/h4-6,9,11,15H,7-8H2,1-3H3,(H,16,18). The maximum absolute atomic E-state index is 5.50. The van der Waals surface area contributed by atoms with Crippen LogP contribution in [0.4, 0.5) is 6.01 Å². The number of hydrogen-bond acceptors (Lipinski definition) is 5. The lowest BCUT2D eigenvalue weighted by Crippen LogP contribution is -2.12. The molecule has 2 rings (SSSR count). The Morgan fingerprint density at radius 2 is 2.16 bits per heavy atom. The number of rotatable bonds is 6. The highest BCUT2D eigenvalue weighted by Gasteiger charge is 2.11. The van der Waals surface area contributed by atoms with Crippen molar-refractivity contribution in [3.63, 3.8) is 0 Å². The number of benzene rings is 1. The van der Waals surface area contributed by atoms with Gasteiger partial charge in [-0.3, -0.25) is 0 Å². The molecular formula is C14H20N4O. The molecule has 19 heavy (non-hydrogen) atoms. The number of aryl methyl sites for hydroxylation is 1. The van der Waals surface area contributed by atoms with Crippen LogP contribution in [0.15, 0.2) is 28.7 Å². The lowest BCUT2D eigenvalue weighted by atomic mass is 10.1. The minimum atomic E-state index is 0.0693. The minimum Gasteiger partial charge on any atom is -0.406 e. The van der Waals surface area contributed by atoms with Crippen LogP contribution in [0.1, 0.15) is 30.0 Å². The molecule has 1 unspecified atom stereocenters. The molecule has 1 heterocycles. The third kappa shape index (κ3) is 3.79. The van der Waals surface area contributed by atoms with Crippen LogP contribution in [0.5, 0.6) is 0 Å². The van der Waals surface area contributed by atoms with E-state index in [1.54, 1.807) is 0 Å². The molecule has 0 aliphatic heterocycles. The first kappa shape index (κ1) is 13.5. The van der Waals surface area contributed by atoms with Crippen molar-refractivity contribution in [2.45, 2.75) is 26.3 Å². The van der Waals surface area contributed by atoms with Crippen molar-refractivity contribution in [1.82, 2.24) is 15.5 Å². The van der Waals surface area contributed by atoms with Gasteiger partial charge in [-0.2, -0.15) is 0 Å². The van der Waals surface area contributed by atoms with Crippen molar-refractivity contribution in [2.75, 3.05) is 18.9 Å². The van der Waals surface area contributed by atoms with Gasteiger partial charge in [0.1, 0.15) is 0 Å². The molecule has 0 saturated heterocycles. The van der Waals surface area contributed by atoms with Crippen LogP contribution in [0.25, 0.3) is 0 Å². The Kier molecular flexibility index (Phi) is 4.52. The highest BCUT2D eigenvalue weighted by Crippen LogP contribution is 2.13. The van der Waals surface area contributed by atoms with E-state index in [2.05, 4.69) is 52.0 Å². The van der Waals surface area contributed by atoms with E-state index < -0.39 is 0 Å². The van der Waals surface area contributed by atoms with Crippen molar-refractivity contribution >= 4 is 6.01 Å². The highest BCUT2D eigenvalue weighted by atomic mass is 16.4. The molecule has 1 atom stereocenters. The summed E-state index contributed by atoms with van der Waals surface area (Å²) in [6.45, 7) is 4.85. The van der Waals surface area contributed by atoms with Gasteiger partial charge in [0.25, 0.3) is 0 Å². The van der Waals surface area contributed by atoms with Gasteiger partial charge in [-0.1, -0.05) is 34.9 Å². The van der Waals surface area contributed by atoms with E-state index in [-0.39, 0.29) is 6.04 Å². The Morgan fingerprint density at radius 1 is 1.32 bits per heavy atom. The Balaban J connectivity index is 1.84. The molecule has 0 radical (unpaired) electrons. The molecular weight excluding hydrogens is 240 g/mol. The fourth-order valence-electron chi connectivity index (χ4n) is 1.79. The average molecular weight is 260 g/mol. The molecule has 0 aliphatic rings. The molecule has 1 aromatic carbocycles. The number of nitrogens with zero attached hydrogens (tertiary/aromatic N) is 2. The predicted octanol–water partition coefficient (Wildman–Crippen LogP) is 2.31. The van der Waals surface area contributed by atoms with Crippen molar-refractivity contribution in [2.24, 2.45) is 0 Å². The summed E-state index contributed by atoms with van der Waals surface area (Å²) in [7, 11) is 1.86. The van der Waals surface area contributed by atoms with Crippen LogP contribution in [0.3, 0.4) is 0 Å². The summed E-state index contributed by atoms with van der Waals surface area (Å²) in [5.41, 5.74) is 2.58. The second-order valence-electron chi connectivity index (χ2n) is 4.62. The van der Waals surface area contributed by atoms with Crippen LogP contribution in [-0.4, -0.2) is 23.8 Å². The van der Waals surface area contributed by atoms with E-state index in [1.165, 1.54) is 11.1 Å². The first-order valence-electron chi connectivity index (χ1n) is 6.49. The molecule has 102 valence electrons. The highest BCUT2D eigenvalue weighted by molar-refractivity contribution is 5.24. The van der Waals surface area contributed by atoms with E-state index >= 15 is 0 Å². The molecule has 2 N–H and O–H groups in total. The molecule has 0 saturated carbocycles. The predicted molar refractivity (Wildman–Crippen MR) is 75.1 cm³/mol. The lowest BCUT2D eigenvalue weighted by molar-refractivity contribution is 0.441. The van der Waals surface area contributed by atoms with Crippen molar-refractivity contribution in [1.29, 1.82) is 0 Å².